The van der Waals surface area contributed by atoms with Crippen LogP contribution in [0.1, 0.15) is 90.5 Å². The summed E-state index contributed by atoms with van der Waals surface area (Å²) >= 11 is 0. The number of halogens is 1. The summed E-state index contributed by atoms with van der Waals surface area (Å²) in [5, 5.41) is 0. The smallest absolute Gasteiger partial charge is 0.171 e. The summed E-state index contributed by atoms with van der Waals surface area (Å²) in [4.78, 5) is 7.94. The molecule has 3 heterocycles. The van der Waals surface area contributed by atoms with Gasteiger partial charge in [-0.3, -0.25) is 4.90 Å². The number of rotatable bonds is 6. The number of benzene rings is 1. The highest BCUT2D eigenvalue weighted by Gasteiger charge is 2.40. The van der Waals surface area contributed by atoms with Crippen LogP contribution in [0.15, 0.2) is 18.2 Å². The van der Waals surface area contributed by atoms with Crippen LogP contribution < -0.4 is 9.80 Å². The summed E-state index contributed by atoms with van der Waals surface area (Å²) in [6.07, 6.45) is 9.95. The molecule has 0 aromatic heterocycles. The zero-order valence-corrected chi connectivity index (χ0v) is 24.8. The van der Waals surface area contributed by atoms with E-state index in [1.54, 1.807) is 5.56 Å². The summed E-state index contributed by atoms with van der Waals surface area (Å²) in [6, 6.07) is 7.45. The van der Waals surface area contributed by atoms with Crippen LogP contribution in [0.25, 0.3) is 0 Å². The van der Waals surface area contributed by atoms with E-state index in [0.29, 0.717) is 11.3 Å². The molecule has 0 atom stereocenters. The fraction of sp³-hybridized carbons (Fsp3) is 0.806. The molecular weight excluding hydrogens is 482 g/mol. The molecule has 5 rings (SSSR count). The van der Waals surface area contributed by atoms with Gasteiger partial charge < -0.3 is 19.3 Å². The third-order valence-corrected chi connectivity index (χ3v) is 9.65. The average Bonchev–Trinajstić information content (AvgIpc) is 3.35. The zero-order valence-electron chi connectivity index (χ0n) is 24.0. The fourth-order valence-electron chi connectivity index (χ4n) is 7.11. The molecule has 4 fully saturated rings. The van der Waals surface area contributed by atoms with Gasteiger partial charge in [0.25, 0.3) is 0 Å². The van der Waals surface area contributed by atoms with Crippen LogP contribution in [0, 0.1) is 11.3 Å². The molecule has 5 nitrogen and oxygen atoms in total. The molecule has 6 heteroatoms. The van der Waals surface area contributed by atoms with E-state index in [1.807, 2.05) is 0 Å². The molecule has 210 valence electrons. The second-order valence-corrected chi connectivity index (χ2v) is 12.9. The number of anilines is 2. The van der Waals surface area contributed by atoms with Crippen LogP contribution in [0.2, 0.25) is 0 Å². The minimum Gasteiger partial charge on any atom is -0.371 e. The second-order valence-electron chi connectivity index (χ2n) is 12.9. The van der Waals surface area contributed by atoms with Crippen LogP contribution in [0.3, 0.4) is 0 Å². The third-order valence-electron chi connectivity index (χ3n) is 9.65. The van der Waals surface area contributed by atoms with E-state index in [2.05, 4.69) is 60.6 Å². The van der Waals surface area contributed by atoms with Crippen molar-refractivity contribution in [3.8, 4) is 0 Å². The number of piperazine rings is 1. The molecule has 1 aromatic rings. The molecule has 0 radical (unpaired) electrons. The zero-order chi connectivity index (χ0) is 25.2. The SMILES string of the molecule is CCCCN1CCN(c2ccc(N3CCC4(CC3)OCCO4)cc2C2CCC(C(C)(C)C)CC2)CC1.Cl. The quantitative estimate of drug-likeness (QED) is 0.406. The van der Waals surface area contributed by atoms with Crippen molar-refractivity contribution >= 4 is 23.8 Å². The van der Waals surface area contributed by atoms with Crippen LogP contribution in [0.4, 0.5) is 11.4 Å². The molecule has 0 amide bonds. The van der Waals surface area contributed by atoms with E-state index in [-0.39, 0.29) is 18.2 Å². The Hall–Kier alpha value is -1.01. The van der Waals surface area contributed by atoms with Gasteiger partial charge in [0.05, 0.1) is 13.2 Å². The van der Waals surface area contributed by atoms with E-state index in [9.17, 15) is 0 Å². The molecule has 0 N–H and O–H groups in total. The standard InChI is InChI=1S/C31H51N3O2.ClH/c1-5-6-15-32-18-20-34(21-19-32)29-12-11-27(33-16-13-31(14-17-33)35-22-23-36-31)24-28(29)25-7-9-26(10-8-25)30(2,3)4;/h11-12,24-26H,5-10,13-23H2,1-4H3;1H. The highest BCUT2D eigenvalue weighted by atomic mass is 35.5. The predicted octanol–water partition coefficient (Wildman–Crippen LogP) is 6.69. The van der Waals surface area contributed by atoms with Crippen LogP contribution in [0.5, 0.6) is 0 Å². The van der Waals surface area contributed by atoms with Crippen molar-refractivity contribution in [2.24, 2.45) is 11.3 Å². The van der Waals surface area contributed by atoms with Gasteiger partial charge in [0, 0.05) is 63.5 Å². The lowest BCUT2D eigenvalue weighted by atomic mass is 9.68. The van der Waals surface area contributed by atoms with Gasteiger partial charge in [-0.2, -0.15) is 0 Å². The van der Waals surface area contributed by atoms with Gasteiger partial charge in [-0.05, 0) is 79.7 Å². The molecule has 1 aliphatic carbocycles. The van der Waals surface area contributed by atoms with E-state index in [4.69, 9.17) is 9.47 Å². The minimum absolute atomic E-state index is 0. The maximum Gasteiger partial charge on any atom is 0.171 e. The first-order chi connectivity index (χ1) is 17.4. The Morgan fingerprint density at radius 2 is 1.51 bits per heavy atom. The van der Waals surface area contributed by atoms with E-state index in [0.717, 1.165) is 58.2 Å². The topological polar surface area (TPSA) is 28.2 Å². The van der Waals surface area contributed by atoms with Crippen molar-refractivity contribution in [3.05, 3.63) is 23.8 Å². The number of ether oxygens (including phenoxy) is 2. The summed E-state index contributed by atoms with van der Waals surface area (Å²) in [5.41, 5.74) is 4.97. The van der Waals surface area contributed by atoms with Crippen molar-refractivity contribution < 1.29 is 9.47 Å². The lowest BCUT2D eigenvalue weighted by molar-refractivity contribution is -0.169. The van der Waals surface area contributed by atoms with Gasteiger partial charge in [0.1, 0.15) is 0 Å². The lowest BCUT2D eigenvalue weighted by Gasteiger charge is -2.42. The van der Waals surface area contributed by atoms with Crippen molar-refractivity contribution in [2.75, 3.05) is 68.8 Å². The first-order valence-corrected chi connectivity index (χ1v) is 15.0. The van der Waals surface area contributed by atoms with Gasteiger partial charge >= 0.3 is 0 Å². The van der Waals surface area contributed by atoms with Crippen LogP contribution >= 0.6 is 12.4 Å². The van der Waals surface area contributed by atoms with Gasteiger partial charge in [-0.1, -0.05) is 34.1 Å². The molecule has 4 aliphatic rings. The number of unbranched alkanes of at least 4 members (excludes halogenated alkanes) is 1. The molecule has 1 spiro atoms. The normalized spacial score (nSPS) is 26.9. The van der Waals surface area contributed by atoms with Gasteiger partial charge in [0.2, 0.25) is 0 Å². The van der Waals surface area contributed by atoms with Crippen molar-refractivity contribution in [2.45, 2.75) is 90.8 Å². The molecular formula is C31H52ClN3O2. The molecule has 0 bridgehead atoms. The number of nitrogens with zero attached hydrogens (tertiary/aromatic N) is 3. The molecule has 0 unspecified atom stereocenters. The Morgan fingerprint density at radius 3 is 2.11 bits per heavy atom. The monoisotopic (exact) mass is 533 g/mol. The Morgan fingerprint density at radius 1 is 0.865 bits per heavy atom. The van der Waals surface area contributed by atoms with Gasteiger partial charge in [0.15, 0.2) is 5.79 Å². The molecule has 1 aromatic carbocycles. The Labute approximate surface area is 232 Å². The maximum atomic E-state index is 5.99. The summed E-state index contributed by atoms with van der Waals surface area (Å²) in [5.74, 6) is 1.24. The minimum atomic E-state index is -0.304. The Kier molecular flexibility index (Phi) is 9.75. The highest BCUT2D eigenvalue weighted by molar-refractivity contribution is 5.85. The number of hydrogen-bond acceptors (Lipinski definition) is 5. The Balaban J connectivity index is 0.00000320. The van der Waals surface area contributed by atoms with E-state index >= 15 is 0 Å². The van der Waals surface area contributed by atoms with Crippen LogP contribution in [-0.2, 0) is 9.47 Å². The summed E-state index contributed by atoms with van der Waals surface area (Å²) in [7, 11) is 0. The van der Waals surface area contributed by atoms with E-state index in [1.165, 1.54) is 69.5 Å². The largest absolute Gasteiger partial charge is 0.371 e. The first-order valence-electron chi connectivity index (χ1n) is 15.0. The highest BCUT2D eigenvalue weighted by Crippen LogP contribution is 2.46. The molecule has 1 saturated carbocycles. The number of hydrogen-bond donors (Lipinski definition) is 0. The predicted molar refractivity (Wildman–Crippen MR) is 157 cm³/mol. The lowest BCUT2D eigenvalue weighted by Crippen LogP contribution is -2.47. The number of piperidine rings is 1. The van der Waals surface area contributed by atoms with Crippen molar-refractivity contribution in [1.29, 1.82) is 0 Å². The second kappa shape index (κ2) is 12.4. The average molecular weight is 534 g/mol. The Bertz CT molecular complexity index is 840. The van der Waals surface area contributed by atoms with Crippen LogP contribution in [-0.4, -0.2) is 69.7 Å². The van der Waals surface area contributed by atoms with Crippen molar-refractivity contribution in [1.82, 2.24) is 4.90 Å². The third kappa shape index (κ3) is 6.77. The van der Waals surface area contributed by atoms with Gasteiger partial charge in [-0.15, -0.1) is 12.4 Å². The van der Waals surface area contributed by atoms with Crippen molar-refractivity contribution in [3.63, 3.8) is 0 Å². The van der Waals surface area contributed by atoms with E-state index < -0.39 is 0 Å². The summed E-state index contributed by atoms with van der Waals surface area (Å²) < 4.78 is 12.0. The summed E-state index contributed by atoms with van der Waals surface area (Å²) in [6.45, 7) is 19.1. The fourth-order valence-corrected chi connectivity index (χ4v) is 7.11. The first kappa shape index (κ1) is 29.0. The molecule has 37 heavy (non-hydrogen) atoms. The maximum absolute atomic E-state index is 5.99. The molecule has 3 aliphatic heterocycles. The van der Waals surface area contributed by atoms with Gasteiger partial charge in [-0.25, -0.2) is 0 Å². The molecule has 3 saturated heterocycles.